The molecule has 1 heterocycles. The monoisotopic (exact) mass is 342 g/mol. The number of ether oxygens (including phenoxy) is 1. The summed E-state index contributed by atoms with van der Waals surface area (Å²) in [5.41, 5.74) is -0.935. The van der Waals surface area contributed by atoms with E-state index in [1.54, 1.807) is 0 Å². The summed E-state index contributed by atoms with van der Waals surface area (Å²) >= 11 is 5.94. The van der Waals surface area contributed by atoms with Crippen molar-refractivity contribution in [3.63, 3.8) is 0 Å². The summed E-state index contributed by atoms with van der Waals surface area (Å²) in [7, 11) is 3.24. The normalized spacial score (nSPS) is 17.6. The summed E-state index contributed by atoms with van der Waals surface area (Å²) in [6, 6.07) is 4.25. The van der Waals surface area contributed by atoms with Gasteiger partial charge in [0.15, 0.2) is 0 Å². The topological polar surface area (TPSA) is 58.6 Å². The van der Waals surface area contributed by atoms with Crippen molar-refractivity contribution in [3.05, 3.63) is 34.6 Å². The Morgan fingerprint density at radius 1 is 1.39 bits per heavy atom. The molecule has 0 aromatic heterocycles. The summed E-state index contributed by atoms with van der Waals surface area (Å²) in [5.74, 6) is -1.46. The number of carbonyl (C=O) groups is 2. The third-order valence-electron chi connectivity index (χ3n) is 4.19. The van der Waals surface area contributed by atoms with Gasteiger partial charge in [0.05, 0.1) is 13.5 Å². The number of piperidine rings is 1. The van der Waals surface area contributed by atoms with Crippen LogP contribution < -0.4 is 5.32 Å². The van der Waals surface area contributed by atoms with Crippen LogP contribution in [0.1, 0.15) is 18.4 Å². The zero-order valence-electron chi connectivity index (χ0n) is 13.2. The molecule has 1 amide bonds. The minimum atomic E-state index is -1.06. The maximum absolute atomic E-state index is 13.8. The lowest BCUT2D eigenvalue weighted by Gasteiger charge is -2.38. The van der Waals surface area contributed by atoms with Gasteiger partial charge in [0.25, 0.3) is 0 Å². The van der Waals surface area contributed by atoms with Crippen LogP contribution in [0.3, 0.4) is 0 Å². The summed E-state index contributed by atoms with van der Waals surface area (Å²) in [6.07, 6.45) is 0.680. The van der Waals surface area contributed by atoms with Gasteiger partial charge in [-0.25, -0.2) is 9.18 Å². The molecule has 0 aliphatic carbocycles. The second-order valence-corrected chi connectivity index (χ2v) is 6.21. The third-order valence-corrected chi connectivity index (χ3v) is 4.55. The lowest BCUT2D eigenvalue weighted by Crippen LogP contribution is -2.60. The Hall–Kier alpha value is -1.66. The highest BCUT2D eigenvalue weighted by Crippen LogP contribution is 2.24. The van der Waals surface area contributed by atoms with Gasteiger partial charge >= 0.3 is 5.97 Å². The van der Waals surface area contributed by atoms with Crippen LogP contribution in [0.25, 0.3) is 0 Å². The van der Waals surface area contributed by atoms with Crippen molar-refractivity contribution >= 4 is 23.5 Å². The molecule has 0 saturated carbocycles. The number of nitrogens with one attached hydrogen (secondary N) is 1. The van der Waals surface area contributed by atoms with Crippen molar-refractivity contribution in [2.45, 2.75) is 24.8 Å². The Balaban J connectivity index is 2.14. The third kappa shape index (κ3) is 4.00. The van der Waals surface area contributed by atoms with Gasteiger partial charge in [0, 0.05) is 23.7 Å². The van der Waals surface area contributed by atoms with Gasteiger partial charge in [-0.15, -0.1) is 0 Å². The van der Waals surface area contributed by atoms with Crippen LogP contribution in [0.2, 0.25) is 5.02 Å². The average molecular weight is 343 g/mol. The summed E-state index contributed by atoms with van der Waals surface area (Å²) < 4.78 is 18.7. The Bertz CT molecular complexity index is 581. The summed E-state index contributed by atoms with van der Waals surface area (Å²) in [4.78, 5) is 26.6. The summed E-state index contributed by atoms with van der Waals surface area (Å²) in [5, 5.41) is 2.93. The van der Waals surface area contributed by atoms with Gasteiger partial charge in [-0.05, 0) is 32.0 Å². The number of hydrogen-bond donors (Lipinski definition) is 1. The van der Waals surface area contributed by atoms with Crippen LogP contribution in [0, 0.1) is 5.82 Å². The minimum Gasteiger partial charge on any atom is -0.467 e. The predicted octanol–water partition coefficient (Wildman–Crippen LogP) is 1.78. The lowest BCUT2D eigenvalue weighted by atomic mass is 9.87. The molecule has 0 bridgehead atoms. The average Bonchev–Trinajstić information content (AvgIpc) is 2.52. The highest BCUT2D eigenvalue weighted by molar-refractivity contribution is 6.31. The van der Waals surface area contributed by atoms with Crippen LogP contribution in [0.5, 0.6) is 0 Å². The molecule has 2 rings (SSSR count). The van der Waals surface area contributed by atoms with Gasteiger partial charge < -0.3 is 15.0 Å². The molecule has 1 fully saturated rings. The molecule has 1 saturated heterocycles. The van der Waals surface area contributed by atoms with Gasteiger partial charge in [-0.2, -0.15) is 0 Å². The van der Waals surface area contributed by atoms with E-state index < -0.39 is 23.2 Å². The van der Waals surface area contributed by atoms with E-state index in [-0.39, 0.29) is 17.0 Å². The first-order valence-electron chi connectivity index (χ1n) is 7.39. The molecule has 1 aromatic carbocycles. The van der Waals surface area contributed by atoms with Crippen molar-refractivity contribution < 1.29 is 18.7 Å². The number of halogens is 2. The van der Waals surface area contributed by atoms with Crippen LogP contribution >= 0.6 is 11.6 Å². The SMILES string of the molecule is COC(=O)C1(NC(=O)Cc2c(F)cccc2Cl)CCN(C)CC1. The zero-order chi connectivity index (χ0) is 17.0. The van der Waals surface area contributed by atoms with Gasteiger partial charge in [0.2, 0.25) is 5.91 Å². The van der Waals surface area contributed by atoms with E-state index in [9.17, 15) is 14.0 Å². The number of likely N-dealkylation sites (tertiary alicyclic amines) is 1. The molecule has 126 valence electrons. The molecule has 5 nitrogen and oxygen atoms in total. The van der Waals surface area contributed by atoms with Crippen LogP contribution in [0.15, 0.2) is 18.2 Å². The van der Waals surface area contributed by atoms with E-state index in [4.69, 9.17) is 16.3 Å². The van der Waals surface area contributed by atoms with E-state index in [1.165, 1.54) is 25.3 Å². The number of benzene rings is 1. The van der Waals surface area contributed by atoms with E-state index >= 15 is 0 Å². The standard InChI is InChI=1S/C16H20ClFN2O3/c1-20-8-6-16(7-9-20,15(22)23-2)19-14(21)10-11-12(17)4-3-5-13(11)18/h3-5H,6-10H2,1-2H3,(H,19,21). The van der Waals surface area contributed by atoms with Crippen molar-refractivity contribution in [2.75, 3.05) is 27.2 Å². The molecule has 1 aromatic rings. The smallest absolute Gasteiger partial charge is 0.331 e. The molecule has 0 unspecified atom stereocenters. The van der Waals surface area contributed by atoms with E-state index in [0.717, 1.165) is 0 Å². The van der Waals surface area contributed by atoms with Crippen LogP contribution in [0.4, 0.5) is 4.39 Å². The maximum Gasteiger partial charge on any atom is 0.331 e. The fourth-order valence-corrected chi connectivity index (χ4v) is 2.98. The Labute approximate surface area is 139 Å². The second kappa shape index (κ2) is 7.27. The molecule has 1 N–H and O–H groups in total. The van der Waals surface area contributed by atoms with Gasteiger partial charge in [-0.3, -0.25) is 4.79 Å². The first-order chi connectivity index (χ1) is 10.9. The first-order valence-corrected chi connectivity index (χ1v) is 7.76. The quantitative estimate of drug-likeness (QED) is 0.847. The molecule has 0 atom stereocenters. The molecular weight excluding hydrogens is 323 g/mol. The Morgan fingerprint density at radius 3 is 2.61 bits per heavy atom. The Kier molecular flexibility index (Phi) is 5.59. The fourth-order valence-electron chi connectivity index (χ4n) is 2.75. The van der Waals surface area contributed by atoms with E-state index in [0.29, 0.717) is 25.9 Å². The number of esters is 1. The highest BCUT2D eigenvalue weighted by atomic mass is 35.5. The second-order valence-electron chi connectivity index (χ2n) is 5.80. The maximum atomic E-state index is 13.8. The van der Waals surface area contributed by atoms with Gasteiger partial charge in [-0.1, -0.05) is 17.7 Å². The minimum absolute atomic E-state index is 0.125. The largest absolute Gasteiger partial charge is 0.467 e. The fraction of sp³-hybridized carbons (Fsp3) is 0.500. The van der Waals surface area contributed by atoms with Gasteiger partial charge in [0.1, 0.15) is 11.4 Å². The predicted molar refractivity (Wildman–Crippen MR) is 84.7 cm³/mol. The molecule has 1 aliphatic heterocycles. The molecule has 0 spiro atoms. The molecule has 0 radical (unpaired) electrons. The van der Waals surface area contributed by atoms with Crippen LogP contribution in [-0.4, -0.2) is 49.6 Å². The van der Waals surface area contributed by atoms with Crippen LogP contribution in [-0.2, 0) is 20.7 Å². The molecule has 7 heteroatoms. The van der Waals surface area contributed by atoms with Crippen molar-refractivity contribution in [1.82, 2.24) is 10.2 Å². The Morgan fingerprint density at radius 2 is 2.04 bits per heavy atom. The number of rotatable bonds is 4. The zero-order valence-corrected chi connectivity index (χ0v) is 14.0. The number of nitrogens with zero attached hydrogens (tertiary/aromatic N) is 1. The van der Waals surface area contributed by atoms with Crippen molar-refractivity contribution in [2.24, 2.45) is 0 Å². The van der Waals surface area contributed by atoms with Crippen molar-refractivity contribution in [1.29, 1.82) is 0 Å². The molecular formula is C16H20ClFN2O3. The molecule has 23 heavy (non-hydrogen) atoms. The van der Waals surface area contributed by atoms with E-state index in [2.05, 4.69) is 10.2 Å². The van der Waals surface area contributed by atoms with E-state index in [1.807, 2.05) is 7.05 Å². The lowest BCUT2D eigenvalue weighted by molar-refractivity contribution is -0.153. The highest BCUT2D eigenvalue weighted by Gasteiger charge is 2.43. The number of carbonyl (C=O) groups excluding carboxylic acids is 2. The number of amides is 1. The summed E-state index contributed by atoms with van der Waals surface area (Å²) in [6.45, 7) is 1.33. The number of hydrogen-bond acceptors (Lipinski definition) is 4. The first kappa shape index (κ1) is 17.7. The van der Waals surface area contributed by atoms with Crippen molar-refractivity contribution in [3.8, 4) is 0 Å². The number of methoxy groups -OCH3 is 1. The molecule has 1 aliphatic rings.